The second-order valence-corrected chi connectivity index (χ2v) is 3.73. The lowest BCUT2D eigenvalue weighted by atomic mass is 10.1. The van der Waals surface area contributed by atoms with E-state index in [-0.39, 0.29) is 10.6 Å². The molecule has 0 N–H and O–H groups in total. The molecule has 0 atom stereocenters. The van der Waals surface area contributed by atoms with Crippen molar-refractivity contribution in [3.05, 3.63) is 40.8 Å². The quantitative estimate of drug-likeness (QED) is 0.790. The van der Waals surface area contributed by atoms with E-state index >= 15 is 0 Å². The van der Waals surface area contributed by atoms with Crippen LogP contribution in [-0.2, 0) is 6.18 Å². The first-order valence-corrected chi connectivity index (χ1v) is 5.05. The fourth-order valence-electron chi connectivity index (χ4n) is 1.24. The van der Waals surface area contributed by atoms with Crippen LogP contribution in [0.5, 0.6) is 0 Å². The molecule has 0 aliphatic heterocycles. The highest BCUT2D eigenvalue weighted by molar-refractivity contribution is 9.10. The Morgan fingerprint density at radius 2 is 2.00 bits per heavy atom. The van der Waals surface area contributed by atoms with Crippen molar-refractivity contribution < 1.29 is 17.6 Å². The third-order valence-corrected chi connectivity index (χ3v) is 2.32. The lowest BCUT2D eigenvalue weighted by Gasteiger charge is -2.06. The van der Waals surface area contributed by atoms with Crippen LogP contribution in [0.4, 0.5) is 13.2 Å². The van der Waals surface area contributed by atoms with E-state index in [9.17, 15) is 13.2 Å². The fraction of sp³-hybridized carbons (Fsp3) is 0.100. The van der Waals surface area contributed by atoms with Gasteiger partial charge >= 0.3 is 6.18 Å². The number of hydrogen-bond acceptors (Lipinski definition) is 2. The summed E-state index contributed by atoms with van der Waals surface area (Å²) < 4.78 is 42.4. The van der Waals surface area contributed by atoms with Crippen LogP contribution in [0.3, 0.4) is 0 Å². The topological polar surface area (TPSA) is 26.0 Å². The molecule has 0 amide bonds. The van der Waals surface area contributed by atoms with Crippen LogP contribution in [0, 0.1) is 0 Å². The average Bonchev–Trinajstić information content (AvgIpc) is 2.64. The molecule has 0 aliphatic carbocycles. The standard InChI is InChI=1S/C10H5BrF3NO/c11-9-15-5-8(16-9)6-2-1-3-7(4-6)10(12,13)14/h1-5H. The van der Waals surface area contributed by atoms with Gasteiger partial charge in [-0.3, -0.25) is 0 Å². The highest BCUT2D eigenvalue weighted by Gasteiger charge is 2.30. The zero-order chi connectivity index (χ0) is 11.8. The van der Waals surface area contributed by atoms with Gasteiger partial charge in [-0.05, 0) is 12.1 Å². The second-order valence-electron chi connectivity index (χ2n) is 3.06. The first-order chi connectivity index (χ1) is 7.47. The van der Waals surface area contributed by atoms with Gasteiger partial charge in [-0.2, -0.15) is 13.2 Å². The molecule has 84 valence electrons. The maximum atomic E-state index is 12.4. The van der Waals surface area contributed by atoms with Gasteiger partial charge in [-0.1, -0.05) is 12.1 Å². The molecule has 1 heterocycles. The van der Waals surface area contributed by atoms with Crippen molar-refractivity contribution in [2.45, 2.75) is 6.18 Å². The molecule has 0 radical (unpaired) electrons. The van der Waals surface area contributed by atoms with Crippen molar-refractivity contribution in [2.75, 3.05) is 0 Å². The summed E-state index contributed by atoms with van der Waals surface area (Å²) in [5, 5.41) is 0. The molecule has 2 nitrogen and oxygen atoms in total. The molecule has 0 aliphatic rings. The Labute approximate surface area is 97.2 Å². The molecule has 0 unspecified atom stereocenters. The predicted octanol–water partition coefficient (Wildman–Crippen LogP) is 4.12. The summed E-state index contributed by atoms with van der Waals surface area (Å²) in [7, 11) is 0. The molecule has 0 saturated heterocycles. The van der Waals surface area contributed by atoms with E-state index in [2.05, 4.69) is 20.9 Å². The van der Waals surface area contributed by atoms with Gasteiger partial charge < -0.3 is 4.42 Å². The van der Waals surface area contributed by atoms with Crippen molar-refractivity contribution >= 4 is 15.9 Å². The number of hydrogen-bond donors (Lipinski definition) is 0. The van der Waals surface area contributed by atoms with Crippen molar-refractivity contribution in [2.24, 2.45) is 0 Å². The van der Waals surface area contributed by atoms with Gasteiger partial charge in [-0.15, -0.1) is 0 Å². The summed E-state index contributed by atoms with van der Waals surface area (Å²) in [6.45, 7) is 0. The minimum Gasteiger partial charge on any atom is -0.431 e. The minimum atomic E-state index is -4.35. The van der Waals surface area contributed by atoms with Gasteiger partial charge in [0.25, 0.3) is 4.80 Å². The summed E-state index contributed by atoms with van der Waals surface area (Å²) >= 11 is 2.99. The van der Waals surface area contributed by atoms with Gasteiger partial charge in [0.05, 0.1) is 11.8 Å². The molecule has 0 saturated carbocycles. The smallest absolute Gasteiger partial charge is 0.416 e. The van der Waals surface area contributed by atoms with E-state index in [0.29, 0.717) is 5.56 Å². The summed E-state index contributed by atoms with van der Waals surface area (Å²) in [6, 6.07) is 4.89. The van der Waals surface area contributed by atoms with Crippen molar-refractivity contribution in [1.82, 2.24) is 4.98 Å². The minimum absolute atomic E-state index is 0.236. The molecule has 1 aromatic heterocycles. The van der Waals surface area contributed by atoms with Crippen molar-refractivity contribution in [1.29, 1.82) is 0 Å². The van der Waals surface area contributed by atoms with Gasteiger partial charge in [0.2, 0.25) is 0 Å². The van der Waals surface area contributed by atoms with Crippen LogP contribution in [0.15, 0.2) is 39.7 Å². The second kappa shape index (κ2) is 3.93. The number of rotatable bonds is 1. The van der Waals surface area contributed by atoms with Gasteiger partial charge in [0, 0.05) is 21.5 Å². The normalized spacial score (nSPS) is 11.8. The number of aromatic nitrogens is 1. The Morgan fingerprint density at radius 3 is 2.56 bits per heavy atom. The Hall–Kier alpha value is -1.30. The summed E-state index contributed by atoms with van der Waals surface area (Å²) in [5.41, 5.74) is -0.370. The van der Waals surface area contributed by atoms with E-state index < -0.39 is 11.7 Å². The largest absolute Gasteiger partial charge is 0.431 e. The third-order valence-electron chi connectivity index (χ3n) is 1.95. The highest BCUT2D eigenvalue weighted by Crippen LogP contribution is 2.32. The lowest BCUT2D eigenvalue weighted by Crippen LogP contribution is -2.04. The van der Waals surface area contributed by atoms with Gasteiger partial charge in [0.1, 0.15) is 0 Å². The van der Waals surface area contributed by atoms with Crippen LogP contribution in [0.1, 0.15) is 5.56 Å². The molecule has 2 rings (SSSR count). The Bertz CT molecular complexity index is 507. The number of benzene rings is 1. The number of nitrogens with zero attached hydrogens (tertiary/aromatic N) is 1. The molecule has 0 bridgehead atoms. The monoisotopic (exact) mass is 291 g/mol. The summed E-state index contributed by atoms with van der Waals surface area (Å²) in [6.07, 6.45) is -2.99. The van der Waals surface area contributed by atoms with Gasteiger partial charge in [0.15, 0.2) is 5.76 Å². The van der Waals surface area contributed by atoms with Gasteiger partial charge in [-0.25, -0.2) is 4.98 Å². The molecule has 16 heavy (non-hydrogen) atoms. The first kappa shape index (κ1) is 11.2. The van der Waals surface area contributed by atoms with Crippen molar-refractivity contribution in [3.8, 4) is 11.3 Å². The third kappa shape index (κ3) is 2.27. The highest BCUT2D eigenvalue weighted by atomic mass is 79.9. The zero-order valence-electron chi connectivity index (χ0n) is 7.75. The van der Waals surface area contributed by atoms with Crippen LogP contribution < -0.4 is 0 Å². The Balaban J connectivity index is 2.44. The molecule has 0 fully saturated rings. The molecule has 6 heteroatoms. The first-order valence-electron chi connectivity index (χ1n) is 4.26. The molecule has 0 spiro atoms. The SMILES string of the molecule is FC(F)(F)c1cccc(-c2cnc(Br)o2)c1. The molecular weight excluding hydrogens is 287 g/mol. The van der Waals surface area contributed by atoms with Crippen LogP contribution in [-0.4, -0.2) is 4.98 Å². The number of alkyl halides is 3. The van der Waals surface area contributed by atoms with E-state index in [1.807, 2.05) is 0 Å². The number of oxazole rings is 1. The maximum Gasteiger partial charge on any atom is 0.416 e. The maximum absolute atomic E-state index is 12.4. The fourth-order valence-corrected chi connectivity index (χ4v) is 1.51. The molecule has 2 aromatic rings. The van der Waals surface area contributed by atoms with E-state index in [1.54, 1.807) is 0 Å². The lowest BCUT2D eigenvalue weighted by molar-refractivity contribution is -0.137. The van der Waals surface area contributed by atoms with E-state index in [4.69, 9.17) is 4.42 Å². The van der Waals surface area contributed by atoms with Crippen LogP contribution >= 0.6 is 15.9 Å². The van der Waals surface area contributed by atoms with E-state index in [1.165, 1.54) is 18.3 Å². The Morgan fingerprint density at radius 1 is 1.25 bits per heavy atom. The zero-order valence-corrected chi connectivity index (χ0v) is 9.34. The van der Waals surface area contributed by atoms with E-state index in [0.717, 1.165) is 12.1 Å². The molecule has 1 aromatic carbocycles. The predicted molar refractivity (Wildman–Crippen MR) is 54.6 cm³/mol. The Kier molecular flexibility index (Phi) is 2.75. The number of halogens is 4. The van der Waals surface area contributed by atoms with Crippen LogP contribution in [0.2, 0.25) is 0 Å². The molecular formula is C10H5BrF3NO. The summed E-state index contributed by atoms with van der Waals surface area (Å²) in [5.74, 6) is 0.290. The average molecular weight is 292 g/mol. The summed E-state index contributed by atoms with van der Waals surface area (Å²) in [4.78, 5) is 3.99. The van der Waals surface area contributed by atoms with Crippen molar-refractivity contribution in [3.63, 3.8) is 0 Å². The van der Waals surface area contributed by atoms with Crippen LogP contribution in [0.25, 0.3) is 11.3 Å².